The Kier molecular flexibility index (Phi) is 16.5. The maximum Gasteiger partial charge on any atom is 0.139 e. The molecule has 0 unspecified atom stereocenters. The fourth-order valence-electron chi connectivity index (χ4n) is 4.25. The van der Waals surface area contributed by atoms with Crippen LogP contribution in [-0.2, 0) is 28.4 Å². The van der Waals surface area contributed by atoms with Crippen molar-refractivity contribution in [2.24, 2.45) is 0 Å². The van der Waals surface area contributed by atoms with Crippen LogP contribution in [0, 0.1) is 6.92 Å². The predicted octanol–water partition coefficient (Wildman–Crippen LogP) is 7.12. The van der Waals surface area contributed by atoms with Crippen LogP contribution in [0.5, 0.6) is 11.5 Å². The molecule has 0 amide bonds. The third-order valence-corrected chi connectivity index (χ3v) is 9.51. The molecular formula is C31H41BrN2O8S3. The van der Waals surface area contributed by atoms with Gasteiger partial charge in [-0.05, 0) is 42.8 Å². The molecule has 0 spiro atoms. The largest absolute Gasteiger partial charge is 0.490 e. The summed E-state index contributed by atoms with van der Waals surface area (Å²) in [5.74, 6) is 1.60. The monoisotopic (exact) mass is 744 g/mol. The Hall–Kier alpha value is -1.72. The highest BCUT2D eigenvalue weighted by molar-refractivity contribution is 9.11. The maximum atomic E-state index is 6.17. The first kappa shape index (κ1) is 36.1. The molecule has 1 aromatic carbocycles. The molecule has 248 valence electrons. The van der Waals surface area contributed by atoms with Gasteiger partial charge in [-0.2, -0.15) is 8.75 Å². The van der Waals surface area contributed by atoms with E-state index in [0.29, 0.717) is 92.5 Å². The molecule has 0 aliphatic carbocycles. The molecule has 0 saturated carbocycles. The summed E-state index contributed by atoms with van der Waals surface area (Å²) in [5, 5.41) is 0. The summed E-state index contributed by atoms with van der Waals surface area (Å²) in [6, 6.07) is 8.24. The van der Waals surface area contributed by atoms with Crippen LogP contribution in [0.15, 0.2) is 28.1 Å². The molecule has 0 saturated heterocycles. The molecule has 14 heteroatoms. The molecule has 0 aliphatic heterocycles. The molecule has 0 atom stereocenters. The maximum absolute atomic E-state index is 6.17. The highest BCUT2D eigenvalue weighted by atomic mass is 79.9. The Labute approximate surface area is 285 Å². The third-order valence-electron chi connectivity index (χ3n) is 6.26. The molecule has 0 fully saturated rings. The minimum Gasteiger partial charge on any atom is -0.490 e. The number of hydrogen-bond acceptors (Lipinski definition) is 13. The second-order valence-electron chi connectivity index (χ2n) is 9.46. The quantitative estimate of drug-likeness (QED) is 0.0690. The van der Waals surface area contributed by atoms with Gasteiger partial charge in [-0.1, -0.05) is 12.1 Å². The normalized spacial score (nSPS) is 11.6. The SMILES string of the molecule is CCOCCOCCOCCOc1cc(C)sc1-c1ccc(-c2sc(Br)cc2OCCOCCOCCOCC)c2nsnc12. The van der Waals surface area contributed by atoms with Crippen molar-refractivity contribution in [2.45, 2.75) is 20.8 Å². The number of rotatable bonds is 24. The molecular weight excluding hydrogens is 704 g/mol. The van der Waals surface area contributed by atoms with Crippen molar-refractivity contribution in [1.29, 1.82) is 0 Å². The number of hydrogen-bond donors (Lipinski definition) is 0. The molecule has 0 bridgehead atoms. The van der Waals surface area contributed by atoms with Gasteiger partial charge >= 0.3 is 0 Å². The Bertz CT molecular complexity index is 1310. The minimum atomic E-state index is 0.422. The van der Waals surface area contributed by atoms with Crippen LogP contribution in [0.25, 0.3) is 31.9 Å². The Morgan fingerprint density at radius 2 is 1.00 bits per heavy atom. The molecule has 0 N–H and O–H groups in total. The average Bonchev–Trinajstić information content (AvgIpc) is 3.77. The van der Waals surface area contributed by atoms with Gasteiger partial charge in [0.2, 0.25) is 0 Å². The van der Waals surface area contributed by atoms with Gasteiger partial charge in [-0.15, -0.1) is 22.7 Å². The van der Waals surface area contributed by atoms with Crippen LogP contribution >= 0.6 is 50.3 Å². The van der Waals surface area contributed by atoms with E-state index < -0.39 is 0 Å². The number of ether oxygens (including phenoxy) is 8. The van der Waals surface area contributed by atoms with Gasteiger partial charge in [-0.25, -0.2) is 0 Å². The first-order chi connectivity index (χ1) is 22.1. The van der Waals surface area contributed by atoms with Crippen molar-refractivity contribution < 1.29 is 37.9 Å². The van der Waals surface area contributed by atoms with Crippen molar-refractivity contribution in [3.05, 3.63) is 32.9 Å². The van der Waals surface area contributed by atoms with E-state index >= 15 is 0 Å². The number of aromatic nitrogens is 2. The zero-order valence-corrected chi connectivity index (χ0v) is 30.0. The molecule has 4 aromatic rings. The topological polar surface area (TPSA) is 99.6 Å². The smallest absolute Gasteiger partial charge is 0.139 e. The van der Waals surface area contributed by atoms with Crippen molar-refractivity contribution in [3.63, 3.8) is 0 Å². The Morgan fingerprint density at radius 3 is 1.49 bits per heavy atom. The van der Waals surface area contributed by atoms with Crippen LogP contribution in [-0.4, -0.2) is 101 Å². The number of benzene rings is 1. The van der Waals surface area contributed by atoms with Gasteiger partial charge in [-0.3, -0.25) is 0 Å². The van der Waals surface area contributed by atoms with Crippen molar-refractivity contribution >= 4 is 61.4 Å². The summed E-state index contributed by atoms with van der Waals surface area (Å²) in [4.78, 5) is 3.17. The zero-order chi connectivity index (χ0) is 31.7. The lowest BCUT2D eigenvalue weighted by Gasteiger charge is -2.11. The number of halogens is 1. The second-order valence-corrected chi connectivity index (χ2v) is 13.7. The van der Waals surface area contributed by atoms with Gasteiger partial charge in [0.05, 0.1) is 91.3 Å². The van der Waals surface area contributed by atoms with Gasteiger partial charge in [0.25, 0.3) is 0 Å². The lowest BCUT2D eigenvalue weighted by atomic mass is 10.1. The van der Waals surface area contributed by atoms with E-state index in [1.54, 1.807) is 22.7 Å². The van der Waals surface area contributed by atoms with Crippen LogP contribution in [0.4, 0.5) is 0 Å². The highest BCUT2D eigenvalue weighted by Gasteiger charge is 2.21. The molecule has 45 heavy (non-hydrogen) atoms. The van der Waals surface area contributed by atoms with Crippen LogP contribution in [0.3, 0.4) is 0 Å². The van der Waals surface area contributed by atoms with E-state index in [2.05, 4.69) is 41.1 Å². The fourth-order valence-corrected chi connectivity index (χ4v) is 7.35. The van der Waals surface area contributed by atoms with E-state index in [-0.39, 0.29) is 0 Å². The highest BCUT2D eigenvalue weighted by Crippen LogP contribution is 2.47. The number of thiophene rings is 2. The predicted molar refractivity (Wildman–Crippen MR) is 184 cm³/mol. The van der Waals surface area contributed by atoms with E-state index in [1.807, 2.05) is 19.9 Å². The van der Waals surface area contributed by atoms with Gasteiger partial charge in [0, 0.05) is 35.3 Å². The standard InChI is InChI=1S/C31H41BrN2O8S3/c1-4-35-8-10-37-12-14-39-16-18-41-25-20-22(3)43-30(25)23-6-7-24(29-28(23)33-45-34-29)31-26(21-27(32)44-31)42-19-17-40-15-13-38-11-9-36-5-2/h6-7,20-21H,4-5,8-19H2,1-3H3. The van der Waals surface area contributed by atoms with Gasteiger partial charge in [0.1, 0.15) is 35.7 Å². The number of aryl methyl sites for hydroxylation is 1. The van der Waals surface area contributed by atoms with Crippen molar-refractivity contribution in [3.8, 4) is 32.4 Å². The summed E-state index contributed by atoms with van der Waals surface area (Å²) in [5.41, 5.74) is 3.65. The van der Waals surface area contributed by atoms with Crippen molar-refractivity contribution in [2.75, 3.05) is 92.5 Å². The zero-order valence-electron chi connectivity index (χ0n) is 26.0. The molecule has 4 rings (SSSR count). The van der Waals surface area contributed by atoms with Gasteiger partial charge in [0.15, 0.2) is 0 Å². The molecule has 0 aliphatic rings. The minimum absolute atomic E-state index is 0.422. The van der Waals surface area contributed by atoms with E-state index in [0.717, 1.165) is 52.1 Å². The molecule has 3 aromatic heterocycles. The number of nitrogens with zero attached hydrogens (tertiary/aromatic N) is 2. The average molecular weight is 746 g/mol. The summed E-state index contributed by atoms with van der Waals surface area (Å²) < 4.78 is 55.5. The molecule has 3 heterocycles. The van der Waals surface area contributed by atoms with E-state index in [1.165, 1.54) is 11.7 Å². The summed E-state index contributed by atoms with van der Waals surface area (Å²) >= 11 is 8.12. The Morgan fingerprint density at radius 1 is 0.578 bits per heavy atom. The molecule has 0 radical (unpaired) electrons. The lowest BCUT2D eigenvalue weighted by molar-refractivity contribution is 0.0114. The second kappa shape index (κ2) is 20.5. The van der Waals surface area contributed by atoms with Crippen LogP contribution in [0.1, 0.15) is 18.7 Å². The van der Waals surface area contributed by atoms with E-state index in [4.69, 9.17) is 46.6 Å². The first-order valence-corrected chi connectivity index (χ1v) is 18.2. The third kappa shape index (κ3) is 11.5. The Balaban J connectivity index is 1.33. The summed E-state index contributed by atoms with van der Waals surface area (Å²) in [7, 11) is 0. The summed E-state index contributed by atoms with van der Waals surface area (Å²) in [6.07, 6.45) is 0. The van der Waals surface area contributed by atoms with Crippen molar-refractivity contribution in [1.82, 2.24) is 8.75 Å². The lowest BCUT2D eigenvalue weighted by Crippen LogP contribution is -2.12. The first-order valence-electron chi connectivity index (χ1n) is 15.0. The summed E-state index contributed by atoms with van der Waals surface area (Å²) in [6.45, 7) is 13.6. The fraction of sp³-hybridized carbons (Fsp3) is 0.548. The van der Waals surface area contributed by atoms with E-state index in [9.17, 15) is 0 Å². The van der Waals surface area contributed by atoms with Crippen LogP contribution in [0.2, 0.25) is 0 Å². The molecule has 10 nitrogen and oxygen atoms in total. The number of fused-ring (bicyclic) bond motifs is 1. The van der Waals surface area contributed by atoms with Crippen LogP contribution < -0.4 is 9.47 Å². The van der Waals surface area contributed by atoms with Gasteiger partial charge < -0.3 is 37.9 Å².